The number of ether oxygens (including phenoxy) is 1. The first kappa shape index (κ1) is 20.5. The molecule has 0 aliphatic carbocycles. The first-order valence-electron chi connectivity index (χ1n) is 8.16. The molecule has 1 heterocycles. The van der Waals surface area contributed by atoms with Crippen LogP contribution in [-0.2, 0) is 20.8 Å². The Morgan fingerprint density at radius 1 is 1.23 bits per heavy atom. The minimum Gasteiger partial charge on any atom is -0.444 e. The number of hydrogen-bond acceptors (Lipinski definition) is 4. The predicted octanol–water partition coefficient (Wildman–Crippen LogP) is 3.74. The third-order valence-corrected chi connectivity index (χ3v) is 5.67. The number of amides is 1. The maximum Gasteiger partial charge on any atom is 0.416 e. The van der Waals surface area contributed by atoms with Gasteiger partial charge in [0.05, 0.1) is 16.2 Å². The van der Waals surface area contributed by atoms with Gasteiger partial charge in [-0.05, 0) is 51.3 Å². The Bertz CT molecular complexity index is 763. The van der Waals surface area contributed by atoms with Gasteiger partial charge in [-0.1, -0.05) is 6.07 Å². The Morgan fingerprint density at radius 3 is 2.38 bits per heavy atom. The maximum absolute atomic E-state index is 12.7. The fourth-order valence-corrected chi connectivity index (χ4v) is 4.01. The number of nitrogens with zero attached hydrogens (tertiary/aromatic N) is 1. The van der Waals surface area contributed by atoms with Gasteiger partial charge < -0.3 is 9.64 Å². The van der Waals surface area contributed by atoms with E-state index in [1.807, 2.05) is 0 Å². The molecule has 146 valence electrons. The van der Waals surface area contributed by atoms with Crippen molar-refractivity contribution in [1.82, 2.24) is 4.90 Å². The minimum absolute atomic E-state index is 0.0110. The summed E-state index contributed by atoms with van der Waals surface area (Å²) in [5.74, 6) is -0.274. The lowest BCUT2D eigenvalue weighted by molar-refractivity contribution is -0.137. The zero-order valence-corrected chi connectivity index (χ0v) is 15.7. The average molecular weight is 393 g/mol. The van der Waals surface area contributed by atoms with Crippen molar-refractivity contribution in [2.75, 3.05) is 18.8 Å². The highest BCUT2D eigenvalue weighted by Gasteiger charge is 2.35. The Hall–Kier alpha value is -1.77. The van der Waals surface area contributed by atoms with Crippen LogP contribution in [0.5, 0.6) is 0 Å². The van der Waals surface area contributed by atoms with Crippen molar-refractivity contribution >= 4 is 15.9 Å². The molecule has 0 spiro atoms. The first-order chi connectivity index (χ1) is 11.8. The van der Waals surface area contributed by atoms with Gasteiger partial charge in [-0.2, -0.15) is 13.2 Å². The summed E-state index contributed by atoms with van der Waals surface area (Å²) in [6.45, 7) is 6.03. The molecule has 0 aromatic heterocycles. The lowest BCUT2D eigenvalue weighted by atomic mass is 9.98. The molecule has 1 amide bonds. The number of hydrogen-bond donors (Lipinski definition) is 0. The number of halogens is 3. The molecular weight excluding hydrogens is 371 g/mol. The number of benzene rings is 1. The first-order valence-corrected chi connectivity index (χ1v) is 9.81. The summed E-state index contributed by atoms with van der Waals surface area (Å²) in [7, 11) is -3.82. The van der Waals surface area contributed by atoms with Crippen LogP contribution in [0, 0.1) is 5.92 Å². The standard InChI is InChI=1S/C17H22F3NO4S/c1-16(2,3)25-15(22)21-10-12(11-21)7-8-26(23,24)14-6-4-5-13(9-14)17(18,19)20/h4-6,9,12H,7-8,10-11H2,1-3H3. The molecule has 2 rings (SSSR count). The molecule has 0 bridgehead atoms. The number of alkyl halides is 3. The Kier molecular flexibility index (Phi) is 5.60. The van der Waals surface area contributed by atoms with Crippen molar-refractivity contribution in [2.45, 2.75) is 43.9 Å². The molecular formula is C17H22F3NO4S. The molecule has 5 nitrogen and oxygen atoms in total. The highest BCUT2D eigenvalue weighted by molar-refractivity contribution is 7.91. The van der Waals surface area contributed by atoms with E-state index in [0.29, 0.717) is 19.2 Å². The van der Waals surface area contributed by atoms with E-state index in [2.05, 4.69) is 0 Å². The maximum atomic E-state index is 12.7. The average Bonchev–Trinajstić information content (AvgIpc) is 2.42. The number of sulfone groups is 1. The van der Waals surface area contributed by atoms with Crippen molar-refractivity contribution in [2.24, 2.45) is 5.92 Å². The van der Waals surface area contributed by atoms with Gasteiger partial charge in [0, 0.05) is 13.1 Å². The molecule has 1 aliphatic rings. The highest BCUT2D eigenvalue weighted by atomic mass is 32.2. The molecule has 1 aliphatic heterocycles. The second-order valence-electron chi connectivity index (χ2n) is 7.38. The SMILES string of the molecule is CC(C)(C)OC(=O)N1CC(CCS(=O)(=O)c2cccc(C(F)(F)F)c2)C1. The lowest BCUT2D eigenvalue weighted by Gasteiger charge is -2.39. The molecule has 26 heavy (non-hydrogen) atoms. The molecule has 1 aromatic rings. The smallest absolute Gasteiger partial charge is 0.416 e. The van der Waals surface area contributed by atoms with Crippen molar-refractivity contribution in [3.63, 3.8) is 0 Å². The van der Waals surface area contributed by atoms with Gasteiger partial charge in [0.1, 0.15) is 5.60 Å². The van der Waals surface area contributed by atoms with Crippen LogP contribution >= 0.6 is 0 Å². The summed E-state index contributed by atoms with van der Waals surface area (Å²) in [6, 6.07) is 3.74. The third kappa shape index (κ3) is 5.36. The summed E-state index contributed by atoms with van der Waals surface area (Å²) in [4.78, 5) is 13.0. The van der Waals surface area contributed by atoms with Crippen molar-refractivity contribution in [1.29, 1.82) is 0 Å². The van der Waals surface area contributed by atoms with Gasteiger partial charge in [-0.25, -0.2) is 13.2 Å². The summed E-state index contributed by atoms with van der Waals surface area (Å²) in [5, 5.41) is 0. The van der Waals surface area contributed by atoms with Gasteiger partial charge >= 0.3 is 12.3 Å². The van der Waals surface area contributed by atoms with E-state index in [-0.39, 0.29) is 23.0 Å². The van der Waals surface area contributed by atoms with E-state index in [1.54, 1.807) is 20.8 Å². The molecule has 0 saturated carbocycles. The van der Waals surface area contributed by atoms with Crippen LogP contribution in [0.2, 0.25) is 0 Å². The fraction of sp³-hybridized carbons (Fsp3) is 0.588. The van der Waals surface area contributed by atoms with Crippen LogP contribution in [0.4, 0.5) is 18.0 Å². The molecule has 0 radical (unpaired) electrons. The zero-order valence-electron chi connectivity index (χ0n) is 14.8. The van der Waals surface area contributed by atoms with Crippen LogP contribution in [0.3, 0.4) is 0 Å². The van der Waals surface area contributed by atoms with Crippen LogP contribution in [0.25, 0.3) is 0 Å². The van der Waals surface area contributed by atoms with Crippen molar-refractivity contribution in [3.8, 4) is 0 Å². The molecule has 1 aromatic carbocycles. The molecule has 9 heteroatoms. The minimum atomic E-state index is -4.59. The van der Waals surface area contributed by atoms with Crippen LogP contribution in [0.15, 0.2) is 29.2 Å². The largest absolute Gasteiger partial charge is 0.444 e. The van der Waals surface area contributed by atoms with Crippen molar-refractivity contribution < 1.29 is 31.1 Å². The number of carbonyl (C=O) groups excluding carboxylic acids is 1. The Balaban J connectivity index is 1.90. The highest BCUT2D eigenvalue weighted by Crippen LogP contribution is 2.31. The van der Waals surface area contributed by atoms with E-state index in [9.17, 15) is 26.4 Å². The molecule has 1 saturated heterocycles. The summed E-state index contributed by atoms with van der Waals surface area (Å²) < 4.78 is 68.0. The van der Waals surface area contributed by atoms with E-state index in [0.717, 1.165) is 12.1 Å². The van der Waals surface area contributed by atoms with Gasteiger partial charge in [0.15, 0.2) is 9.84 Å². The Morgan fingerprint density at radius 2 is 1.85 bits per heavy atom. The second kappa shape index (κ2) is 7.09. The van der Waals surface area contributed by atoms with E-state index in [1.165, 1.54) is 11.0 Å². The molecule has 0 atom stereocenters. The van der Waals surface area contributed by atoms with Crippen LogP contribution in [0.1, 0.15) is 32.8 Å². The quantitative estimate of drug-likeness (QED) is 0.782. The van der Waals surface area contributed by atoms with Crippen LogP contribution in [-0.4, -0.2) is 43.9 Å². The monoisotopic (exact) mass is 393 g/mol. The van der Waals surface area contributed by atoms with Gasteiger partial charge in [0.2, 0.25) is 0 Å². The van der Waals surface area contributed by atoms with E-state index in [4.69, 9.17) is 4.74 Å². The molecule has 0 unspecified atom stereocenters. The number of carbonyl (C=O) groups is 1. The zero-order chi connectivity index (χ0) is 19.8. The fourth-order valence-electron chi connectivity index (χ4n) is 2.53. The topological polar surface area (TPSA) is 63.7 Å². The van der Waals surface area contributed by atoms with Crippen molar-refractivity contribution in [3.05, 3.63) is 29.8 Å². The van der Waals surface area contributed by atoms with E-state index >= 15 is 0 Å². The van der Waals surface area contributed by atoms with Gasteiger partial charge in [-0.3, -0.25) is 0 Å². The van der Waals surface area contributed by atoms with Crippen LogP contribution < -0.4 is 0 Å². The molecule has 0 N–H and O–H groups in total. The Labute approximate surface area is 151 Å². The third-order valence-electron chi connectivity index (χ3n) is 3.92. The predicted molar refractivity (Wildman–Crippen MR) is 89.4 cm³/mol. The summed E-state index contributed by atoms with van der Waals surface area (Å²) in [6.07, 6.45) is -4.76. The normalized spacial score (nSPS) is 16.3. The van der Waals surface area contributed by atoms with Gasteiger partial charge in [0.25, 0.3) is 0 Å². The lowest BCUT2D eigenvalue weighted by Crippen LogP contribution is -2.51. The summed E-state index contributed by atoms with van der Waals surface area (Å²) in [5.41, 5.74) is -1.59. The van der Waals surface area contributed by atoms with E-state index < -0.39 is 33.3 Å². The summed E-state index contributed by atoms with van der Waals surface area (Å²) >= 11 is 0. The molecule has 1 fully saturated rings. The number of rotatable bonds is 4. The number of likely N-dealkylation sites (tertiary alicyclic amines) is 1. The van der Waals surface area contributed by atoms with Gasteiger partial charge in [-0.15, -0.1) is 0 Å². The second-order valence-corrected chi connectivity index (χ2v) is 9.49.